The molecule has 1 aliphatic rings. The Morgan fingerprint density at radius 1 is 1.37 bits per heavy atom. The fourth-order valence-electron chi connectivity index (χ4n) is 2.09. The summed E-state index contributed by atoms with van der Waals surface area (Å²) in [5.74, 6) is 0.0318. The molecule has 1 aromatic carbocycles. The summed E-state index contributed by atoms with van der Waals surface area (Å²) >= 11 is 0. The minimum Gasteiger partial charge on any atom is -0.345 e. The molecule has 0 aliphatic heterocycles. The first kappa shape index (κ1) is 11.9. The molecule has 0 unspecified atom stereocenters. The van der Waals surface area contributed by atoms with Crippen LogP contribution in [0.2, 0.25) is 0 Å². The number of carbonyl (C=O) groups excluding carboxylic acids is 1. The van der Waals surface area contributed by atoms with Gasteiger partial charge in [-0.1, -0.05) is 12.1 Å². The molecular formula is C14H16N4O. The van der Waals surface area contributed by atoms with E-state index in [1.54, 1.807) is 12.5 Å². The molecule has 1 amide bonds. The molecule has 2 aromatic rings. The predicted octanol–water partition coefficient (Wildman–Crippen LogP) is 1.75. The first-order chi connectivity index (χ1) is 9.23. The van der Waals surface area contributed by atoms with Gasteiger partial charge in [-0.15, -0.1) is 0 Å². The number of imidazole rings is 1. The number of amides is 1. The molecule has 3 rings (SSSR count). The van der Waals surface area contributed by atoms with Gasteiger partial charge in [-0.05, 0) is 30.5 Å². The van der Waals surface area contributed by atoms with Crippen LogP contribution in [0, 0.1) is 5.41 Å². The quantitative estimate of drug-likeness (QED) is 0.779. The number of nitrogens with one attached hydrogen (secondary N) is 2. The summed E-state index contributed by atoms with van der Waals surface area (Å²) in [5.41, 5.74) is 8.12. The van der Waals surface area contributed by atoms with Crippen LogP contribution >= 0.6 is 0 Å². The van der Waals surface area contributed by atoms with E-state index in [-0.39, 0.29) is 11.3 Å². The minimum atomic E-state index is -0.317. The topological polar surface area (TPSA) is 83.8 Å². The highest BCUT2D eigenvalue weighted by Gasteiger charge is 2.48. The van der Waals surface area contributed by atoms with E-state index < -0.39 is 0 Å². The van der Waals surface area contributed by atoms with Crippen LogP contribution in [0.3, 0.4) is 0 Å². The highest BCUT2D eigenvalue weighted by atomic mass is 16.2. The van der Waals surface area contributed by atoms with Gasteiger partial charge in [0.15, 0.2) is 0 Å². The van der Waals surface area contributed by atoms with Crippen molar-refractivity contribution in [1.82, 2.24) is 9.97 Å². The molecule has 0 atom stereocenters. The second kappa shape index (κ2) is 4.51. The molecule has 0 bridgehead atoms. The van der Waals surface area contributed by atoms with Crippen molar-refractivity contribution in [2.75, 3.05) is 11.9 Å². The van der Waals surface area contributed by atoms with Gasteiger partial charge in [-0.2, -0.15) is 0 Å². The number of aromatic nitrogens is 2. The van der Waals surface area contributed by atoms with E-state index in [9.17, 15) is 4.79 Å². The Hall–Kier alpha value is -2.14. The van der Waals surface area contributed by atoms with Crippen molar-refractivity contribution in [3.05, 3.63) is 36.8 Å². The second-order valence-corrected chi connectivity index (χ2v) is 4.98. The van der Waals surface area contributed by atoms with Crippen LogP contribution in [0.5, 0.6) is 0 Å². The molecule has 0 radical (unpaired) electrons. The highest BCUT2D eigenvalue weighted by Crippen LogP contribution is 2.45. The number of rotatable bonds is 4. The molecule has 0 saturated heterocycles. The standard InChI is InChI=1S/C14H16N4O/c15-8-14(5-6-14)13(19)18-11-3-1-10(2-4-11)12-7-16-9-17-12/h1-4,7,9H,5-6,8,15H2,(H,16,17)(H,18,19). The molecular weight excluding hydrogens is 240 g/mol. The summed E-state index contributed by atoms with van der Waals surface area (Å²) in [5, 5.41) is 2.92. The van der Waals surface area contributed by atoms with Crippen LogP contribution < -0.4 is 11.1 Å². The zero-order valence-electron chi connectivity index (χ0n) is 10.5. The van der Waals surface area contributed by atoms with E-state index in [1.165, 1.54) is 0 Å². The smallest absolute Gasteiger partial charge is 0.231 e. The van der Waals surface area contributed by atoms with Gasteiger partial charge >= 0.3 is 0 Å². The Morgan fingerprint density at radius 2 is 2.11 bits per heavy atom. The molecule has 1 aromatic heterocycles. The molecule has 1 heterocycles. The van der Waals surface area contributed by atoms with Crippen LogP contribution in [-0.4, -0.2) is 22.4 Å². The first-order valence-electron chi connectivity index (χ1n) is 6.34. The fraction of sp³-hybridized carbons (Fsp3) is 0.286. The van der Waals surface area contributed by atoms with Gasteiger partial charge in [0.05, 0.1) is 23.6 Å². The van der Waals surface area contributed by atoms with Gasteiger partial charge in [-0.3, -0.25) is 4.79 Å². The van der Waals surface area contributed by atoms with Crippen molar-refractivity contribution in [2.24, 2.45) is 11.1 Å². The number of H-pyrrole nitrogens is 1. The van der Waals surface area contributed by atoms with E-state index in [4.69, 9.17) is 5.73 Å². The molecule has 4 N–H and O–H groups in total. The molecule has 5 heteroatoms. The minimum absolute atomic E-state index is 0.0318. The Labute approximate surface area is 111 Å². The van der Waals surface area contributed by atoms with Gasteiger partial charge in [-0.25, -0.2) is 4.98 Å². The van der Waals surface area contributed by atoms with E-state index in [0.717, 1.165) is 29.8 Å². The lowest BCUT2D eigenvalue weighted by molar-refractivity contribution is -0.120. The lowest BCUT2D eigenvalue weighted by atomic mass is 10.1. The van der Waals surface area contributed by atoms with Gasteiger partial charge in [0.2, 0.25) is 5.91 Å². The van der Waals surface area contributed by atoms with Crippen LogP contribution in [0.4, 0.5) is 5.69 Å². The summed E-state index contributed by atoms with van der Waals surface area (Å²) in [4.78, 5) is 19.1. The molecule has 5 nitrogen and oxygen atoms in total. The molecule has 1 aliphatic carbocycles. The SMILES string of the molecule is NCC1(C(=O)Nc2ccc(-c3cnc[nH]3)cc2)CC1. The molecule has 19 heavy (non-hydrogen) atoms. The number of aromatic amines is 1. The van der Waals surface area contributed by atoms with Crippen molar-refractivity contribution in [1.29, 1.82) is 0 Å². The third-order valence-corrected chi connectivity index (χ3v) is 3.68. The Morgan fingerprint density at radius 3 is 2.63 bits per heavy atom. The number of anilines is 1. The Balaban J connectivity index is 1.71. The van der Waals surface area contributed by atoms with Gasteiger partial charge in [0.1, 0.15) is 0 Å². The zero-order valence-corrected chi connectivity index (χ0v) is 10.5. The second-order valence-electron chi connectivity index (χ2n) is 4.98. The molecule has 98 valence electrons. The van der Waals surface area contributed by atoms with E-state index in [2.05, 4.69) is 15.3 Å². The van der Waals surface area contributed by atoms with E-state index >= 15 is 0 Å². The summed E-state index contributed by atoms with van der Waals surface area (Å²) in [6, 6.07) is 7.68. The number of nitrogens with two attached hydrogens (primary N) is 1. The van der Waals surface area contributed by atoms with E-state index in [0.29, 0.717) is 6.54 Å². The first-order valence-corrected chi connectivity index (χ1v) is 6.34. The maximum atomic E-state index is 12.0. The maximum Gasteiger partial charge on any atom is 0.231 e. The number of carbonyl (C=O) groups is 1. The Bertz CT molecular complexity index is 570. The van der Waals surface area contributed by atoms with Gasteiger partial charge in [0.25, 0.3) is 0 Å². The number of nitrogens with zero attached hydrogens (tertiary/aromatic N) is 1. The maximum absolute atomic E-state index is 12.0. The number of hydrogen-bond acceptors (Lipinski definition) is 3. The fourth-order valence-corrected chi connectivity index (χ4v) is 2.09. The average molecular weight is 256 g/mol. The van der Waals surface area contributed by atoms with Gasteiger partial charge in [0, 0.05) is 12.2 Å². The van der Waals surface area contributed by atoms with Crippen LogP contribution in [0.1, 0.15) is 12.8 Å². The van der Waals surface area contributed by atoms with Crippen molar-refractivity contribution < 1.29 is 4.79 Å². The van der Waals surface area contributed by atoms with Gasteiger partial charge < -0.3 is 16.0 Å². The molecule has 1 saturated carbocycles. The van der Waals surface area contributed by atoms with Crippen LogP contribution in [0.15, 0.2) is 36.8 Å². The third kappa shape index (κ3) is 2.24. The lowest BCUT2D eigenvalue weighted by Gasteiger charge is -2.12. The predicted molar refractivity (Wildman–Crippen MR) is 73.4 cm³/mol. The van der Waals surface area contributed by atoms with Crippen molar-refractivity contribution in [3.63, 3.8) is 0 Å². The number of benzene rings is 1. The van der Waals surface area contributed by atoms with Crippen LogP contribution in [0.25, 0.3) is 11.3 Å². The van der Waals surface area contributed by atoms with Crippen LogP contribution in [-0.2, 0) is 4.79 Å². The zero-order chi connectivity index (χ0) is 13.3. The normalized spacial score (nSPS) is 16.1. The number of hydrogen-bond donors (Lipinski definition) is 3. The van der Waals surface area contributed by atoms with E-state index in [1.807, 2.05) is 24.3 Å². The summed E-state index contributed by atoms with van der Waals surface area (Å²) in [7, 11) is 0. The van der Waals surface area contributed by atoms with Crippen molar-refractivity contribution in [3.8, 4) is 11.3 Å². The van der Waals surface area contributed by atoms with Crippen molar-refractivity contribution >= 4 is 11.6 Å². The third-order valence-electron chi connectivity index (χ3n) is 3.68. The summed E-state index contributed by atoms with van der Waals surface area (Å²) in [6.07, 6.45) is 5.19. The highest BCUT2D eigenvalue weighted by molar-refractivity contribution is 5.97. The largest absolute Gasteiger partial charge is 0.345 e. The Kier molecular flexibility index (Phi) is 2.83. The summed E-state index contributed by atoms with van der Waals surface area (Å²) in [6.45, 7) is 0.422. The molecule has 0 spiro atoms. The average Bonchev–Trinajstić information content (AvgIpc) is 3.06. The van der Waals surface area contributed by atoms with Crippen molar-refractivity contribution in [2.45, 2.75) is 12.8 Å². The molecule has 1 fully saturated rings. The monoisotopic (exact) mass is 256 g/mol. The lowest BCUT2D eigenvalue weighted by Crippen LogP contribution is -2.30. The summed E-state index contributed by atoms with van der Waals surface area (Å²) < 4.78 is 0.